The Hall–Kier alpha value is -6.57. The molecule has 26 nitrogen and oxygen atoms in total. The average Bonchev–Trinajstić information content (AvgIpc) is 1.71. The second-order valence-electron chi connectivity index (χ2n) is 32.8. The maximum absolute atomic E-state index is 15.7. The Kier molecular flexibility index (Phi) is 29.3. The van der Waals surface area contributed by atoms with Gasteiger partial charge in [-0.25, -0.2) is 0 Å². The minimum atomic E-state index is -4.57. The second-order valence-corrected chi connectivity index (χ2v) is 33.3. The van der Waals surface area contributed by atoms with Gasteiger partial charge in [-0.15, -0.1) is 11.6 Å². The fourth-order valence-electron chi connectivity index (χ4n) is 18.4. The van der Waals surface area contributed by atoms with Crippen LogP contribution in [0.2, 0.25) is 0 Å². The molecule has 4 saturated carbocycles. The molecule has 3 unspecified atom stereocenters. The van der Waals surface area contributed by atoms with Crippen LogP contribution in [0.1, 0.15) is 189 Å². The summed E-state index contributed by atoms with van der Waals surface area (Å²) < 4.78 is 96.6. The molecule has 5 heterocycles. The number of carbonyl (C=O) groups is 12. The monoisotopic (exact) mass is 1570 g/mol. The summed E-state index contributed by atoms with van der Waals surface area (Å²) in [5.74, 6) is -14.0. The lowest BCUT2D eigenvalue weighted by Gasteiger charge is -2.47. The number of alkyl halides is 7. The number of ether oxygens (including phenoxy) is 2. The van der Waals surface area contributed by atoms with E-state index in [1.165, 1.54) is 74.4 Å². The van der Waals surface area contributed by atoms with E-state index in [-0.39, 0.29) is 161 Å². The molecule has 1 spiro atoms. The molecule has 9 aliphatic rings. The van der Waals surface area contributed by atoms with Crippen molar-refractivity contribution in [1.82, 2.24) is 60.0 Å². The third-order valence-electron chi connectivity index (χ3n) is 25.7. The first-order chi connectivity index (χ1) is 51.4. The van der Waals surface area contributed by atoms with Gasteiger partial charge in [0.1, 0.15) is 59.9 Å². The lowest BCUT2D eigenvalue weighted by atomic mass is 9.74. The normalized spacial score (nSPS) is 33.4. The van der Waals surface area contributed by atoms with Crippen LogP contribution in [-0.2, 0) is 67.0 Å². The number of carbonyl (C=O) groups excluding carboxylic acids is 12. The topological polar surface area (TPSA) is 289 Å². The van der Waals surface area contributed by atoms with Crippen LogP contribution >= 0.6 is 11.6 Å². The van der Waals surface area contributed by atoms with Gasteiger partial charge in [0.05, 0.1) is 44.1 Å². The lowest BCUT2D eigenvalue weighted by Crippen LogP contribution is -2.68. The highest BCUT2D eigenvalue weighted by molar-refractivity contribution is 6.21. The van der Waals surface area contributed by atoms with Gasteiger partial charge in [-0.05, 0) is 159 Å². The first-order valence-corrected chi connectivity index (χ1v) is 40.3. The van der Waals surface area contributed by atoms with Gasteiger partial charge in [0.2, 0.25) is 70.9 Å². The van der Waals surface area contributed by atoms with Gasteiger partial charge >= 0.3 is 12.4 Å². The van der Waals surface area contributed by atoms with E-state index in [4.69, 9.17) is 21.1 Å². The Labute approximate surface area is 641 Å². The summed E-state index contributed by atoms with van der Waals surface area (Å²) in [6, 6.07) is -11.8. The summed E-state index contributed by atoms with van der Waals surface area (Å²) in [5, 5.41) is 7.40. The number of rotatable bonds is 12. The summed E-state index contributed by atoms with van der Waals surface area (Å²) in [4.78, 5) is 195. The van der Waals surface area contributed by atoms with Crippen LogP contribution < -0.4 is 16.0 Å². The Morgan fingerprint density at radius 3 is 1.86 bits per heavy atom. The number of likely N-dealkylation sites (N-methyl/N-ethyl adjacent to an activating group) is 5. The van der Waals surface area contributed by atoms with Crippen molar-refractivity contribution in [2.45, 2.75) is 272 Å². The number of fused-ring (bicyclic) bond motifs is 4. The first kappa shape index (κ1) is 86.4. The zero-order valence-corrected chi connectivity index (χ0v) is 65.9. The first-order valence-electron chi connectivity index (χ1n) is 39.8. The Morgan fingerprint density at radius 2 is 1.28 bits per heavy atom. The van der Waals surface area contributed by atoms with Crippen molar-refractivity contribution in [1.29, 1.82) is 0 Å². The lowest BCUT2D eigenvalue weighted by molar-refractivity contribution is -0.184. The third-order valence-corrected chi connectivity index (χ3v) is 26.2. The van der Waals surface area contributed by atoms with Gasteiger partial charge in [0.15, 0.2) is 0 Å². The van der Waals surface area contributed by atoms with Crippen LogP contribution in [0.4, 0.5) is 26.3 Å². The van der Waals surface area contributed by atoms with Gasteiger partial charge in [-0.2, -0.15) is 26.3 Å². The quantitative estimate of drug-likeness (QED) is 0.149. The van der Waals surface area contributed by atoms with E-state index in [0.29, 0.717) is 44.9 Å². The van der Waals surface area contributed by atoms with Gasteiger partial charge in [-0.1, -0.05) is 47.0 Å². The van der Waals surface area contributed by atoms with Crippen molar-refractivity contribution in [2.24, 2.45) is 41.4 Å². The molecule has 614 valence electrons. The molecule has 9 rings (SSSR count). The summed E-state index contributed by atoms with van der Waals surface area (Å²) >= 11 is 6.44. The van der Waals surface area contributed by atoms with E-state index < -0.39 is 203 Å². The molecule has 5 aliphatic heterocycles. The average molecular weight is 1570 g/mol. The van der Waals surface area contributed by atoms with Crippen LogP contribution in [0, 0.1) is 41.4 Å². The summed E-state index contributed by atoms with van der Waals surface area (Å²) in [7, 11) is 6.97. The molecule has 4 aliphatic carbocycles. The number of amides is 12. The molecular weight excluding hydrogens is 1450 g/mol. The van der Waals surface area contributed by atoms with Crippen molar-refractivity contribution in [3.8, 4) is 0 Å². The fraction of sp³-hybridized carbons (Fsp3) is 0.842. The van der Waals surface area contributed by atoms with Gasteiger partial charge in [-0.3, -0.25) is 57.5 Å². The minimum Gasteiger partial charge on any atom is -0.378 e. The van der Waals surface area contributed by atoms with E-state index in [0.717, 1.165) is 4.90 Å². The molecule has 3 N–H and O–H groups in total. The summed E-state index contributed by atoms with van der Waals surface area (Å²) in [6.45, 7) is 8.65. The van der Waals surface area contributed by atoms with Gasteiger partial charge in [0, 0.05) is 86.4 Å². The number of halogens is 7. The molecule has 109 heavy (non-hydrogen) atoms. The maximum atomic E-state index is 15.7. The molecule has 33 heteroatoms. The Balaban J connectivity index is 1.10. The number of hydrogen-bond acceptors (Lipinski definition) is 14. The van der Waals surface area contributed by atoms with Crippen molar-refractivity contribution in [3.63, 3.8) is 0 Å². The molecule has 5 saturated heterocycles. The van der Waals surface area contributed by atoms with Crippen LogP contribution in [0.15, 0.2) is 0 Å². The Bertz CT molecular complexity index is 3280. The molecule has 15 atom stereocenters. The van der Waals surface area contributed by atoms with E-state index in [2.05, 4.69) is 16.0 Å². The summed E-state index contributed by atoms with van der Waals surface area (Å²) in [6.07, 6.45) is -7.28. The SMILES string of the molecule is CCO[C@@H]1C[C@H]2C(=O)NC3(CCC3)C(=O)N(C)[C@@H](C3CCCC3)C(=O)N(C)[C@H](C(=O)N3CCOCC3)CC(=O)N(C)[C@@H](CC)C(=O)N[C@@H]([C@@H](C)CC)C(=O)N3CC[C@H]3C(=O)N(C)[C@H]3CC[C@@H](C)CN(C3=O)[C@@H](CC3CCC(C(F)(F)F)CC3)C(=O)N(C)CC(=O)N[C@@H](CCC3CCC(C(F)(F)F)C(Cl)C3)C(=O)N2C1. The van der Waals surface area contributed by atoms with Gasteiger partial charge < -0.3 is 69.5 Å². The van der Waals surface area contributed by atoms with Crippen LogP contribution in [0.5, 0.6) is 0 Å². The van der Waals surface area contributed by atoms with Gasteiger partial charge in [0.25, 0.3) is 0 Å². The molecule has 12 amide bonds. The number of morpholine rings is 1. The Morgan fingerprint density at radius 1 is 0.624 bits per heavy atom. The zero-order chi connectivity index (χ0) is 79.9. The predicted molar refractivity (Wildman–Crippen MR) is 388 cm³/mol. The van der Waals surface area contributed by atoms with Crippen LogP contribution in [-0.4, -0.2) is 293 Å². The van der Waals surface area contributed by atoms with Crippen molar-refractivity contribution in [3.05, 3.63) is 0 Å². The van der Waals surface area contributed by atoms with Crippen molar-refractivity contribution in [2.75, 3.05) is 94.3 Å². The van der Waals surface area contributed by atoms with Crippen LogP contribution in [0.3, 0.4) is 0 Å². The molecular formula is C76H117ClF6N12O14. The zero-order valence-electron chi connectivity index (χ0n) is 65.1. The number of nitrogens with one attached hydrogen (secondary N) is 3. The van der Waals surface area contributed by atoms with Crippen LogP contribution in [0.25, 0.3) is 0 Å². The molecule has 9 fully saturated rings. The van der Waals surface area contributed by atoms with E-state index in [9.17, 15) is 40.7 Å². The highest BCUT2D eigenvalue weighted by Gasteiger charge is 2.56. The molecule has 2 bridgehead atoms. The standard InChI is InChI=1S/C76H117ClF6N12O14/c1-11-45(5)62-71(105)93-32-29-56(93)68(102)89(8)55-28-19-44(4)41-94(70(55)104)59(38-47-20-24-49(25-21-47)75(78,79)80)67(101)87(6)43-60(96)84-53(27-23-46-22-26-51(52(77)37-46)76(81,82)83)66(100)95-42-50(109-13-3)39-57(95)65(99)86-74(30-16-31-74)73(107)91(10)63(48-17-14-15-18-48)72(106)90(9)58(69(103)92-33-35-108-36-34-92)40-61(97)88(7)54(12-2)64(98)85-62/h44-59,62-63H,11-43H2,1-10H3,(H,84,96)(H,85,98)(H,86,99)/t44-,45+,46?,47?,49?,50-,51?,52?,53+,54+,55+,56+,57+,58+,59+,62+,63+/m1/s1. The predicted octanol–water partition coefficient (Wildman–Crippen LogP) is 6.03. The van der Waals surface area contributed by atoms with E-state index in [1.807, 2.05) is 13.8 Å². The highest BCUT2D eigenvalue weighted by Crippen LogP contribution is 2.46. The van der Waals surface area contributed by atoms with Crippen molar-refractivity contribution < 1.29 is 93.4 Å². The third kappa shape index (κ3) is 19.9. The fourth-order valence-corrected chi connectivity index (χ4v) is 18.9. The van der Waals surface area contributed by atoms with E-state index in [1.54, 1.807) is 20.8 Å². The molecule has 0 aromatic rings. The van der Waals surface area contributed by atoms with Crippen molar-refractivity contribution >= 4 is 82.5 Å². The van der Waals surface area contributed by atoms with E-state index >= 15 is 43.2 Å². The molecule has 0 aromatic heterocycles. The number of nitrogens with zero attached hydrogens (tertiary/aromatic N) is 9. The minimum absolute atomic E-state index is 0.0255. The smallest absolute Gasteiger partial charge is 0.378 e. The molecule has 0 aromatic carbocycles. The largest absolute Gasteiger partial charge is 0.393 e. The number of hydrogen-bond donors (Lipinski definition) is 3. The second kappa shape index (κ2) is 36.9. The molecule has 0 radical (unpaired) electrons. The summed E-state index contributed by atoms with van der Waals surface area (Å²) in [5.41, 5.74) is -1.63. The highest BCUT2D eigenvalue weighted by atomic mass is 35.5. The maximum Gasteiger partial charge on any atom is 0.393 e.